The molecule has 0 radical (unpaired) electrons. The van der Waals surface area contributed by atoms with Crippen molar-refractivity contribution in [1.29, 1.82) is 0 Å². The second-order valence-corrected chi connectivity index (χ2v) is 9.04. The molecule has 6 nitrogen and oxygen atoms in total. The summed E-state index contributed by atoms with van der Waals surface area (Å²) < 4.78 is 18.0. The number of esters is 1. The fourth-order valence-electron chi connectivity index (χ4n) is 3.91. The summed E-state index contributed by atoms with van der Waals surface area (Å²) in [5.74, 6) is 0.0161. The summed E-state index contributed by atoms with van der Waals surface area (Å²) >= 11 is 6.33. The van der Waals surface area contributed by atoms with Crippen LogP contribution < -0.4 is 4.74 Å². The summed E-state index contributed by atoms with van der Waals surface area (Å²) in [7, 11) is 1.31. The third-order valence-electron chi connectivity index (χ3n) is 5.16. The van der Waals surface area contributed by atoms with E-state index in [9.17, 15) is 9.59 Å². The molecule has 2 heterocycles. The molecule has 0 aliphatic carbocycles. The molecule has 7 heteroatoms. The molecule has 0 saturated carbocycles. The fraction of sp³-hybridized carbons (Fsp3) is 0.280. The lowest BCUT2D eigenvalue weighted by Crippen LogP contribution is -2.28. The summed E-state index contributed by atoms with van der Waals surface area (Å²) in [6.45, 7) is 5.41. The number of ether oxygens (including phenoxy) is 3. The van der Waals surface area contributed by atoms with Gasteiger partial charge in [0.25, 0.3) is 0 Å². The van der Waals surface area contributed by atoms with Crippen LogP contribution in [0.1, 0.15) is 44.2 Å². The highest BCUT2D eigenvalue weighted by Gasteiger charge is 2.36. The second kappa shape index (κ2) is 8.36. The van der Waals surface area contributed by atoms with Gasteiger partial charge < -0.3 is 14.2 Å². The van der Waals surface area contributed by atoms with Crippen molar-refractivity contribution in [3.8, 4) is 5.88 Å². The Morgan fingerprint density at radius 1 is 1.16 bits per heavy atom. The molecule has 0 fully saturated rings. The average molecular weight is 454 g/mol. The van der Waals surface area contributed by atoms with Gasteiger partial charge in [-0.05, 0) is 44.5 Å². The van der Waals surface area contributed by atoms with Crippen LogP contribution in [0.5, 0.6) is 5.88 Å². The number of hydrogen-bond donors (Lipinski definition) is 0. The first-order valence-corrected chi connectivity index (χ1v) is 10.6. The Kier molecular flexibility index (Phi) is 5.73. The van der Waals surface area contributed by atoms with Crippen LogP contribution in [0.3, 0.4) is 0 Å². The molecule has 0 N–H and O–H groups in total. The Morgan fingerprint density at radius 2 is 1.88 bits per heavy atom. The van der Waals surface area contributed by atoms with Gasteiger partial charge in [-0.15, -0.1) is 0 Å². The molecule has 0 saturated heterocycles. The number of methoxy groups -OCH3 is 1. The lowest BCUT2D eigenvalue weighted by Gasteiger charge is -2.27. The summed E-state index contributed by atoms with van der Waals surface area (Å²) in [6.07, 6.45) is 1.16. The maximum absolute atomic E-state index is 13.2. The van der Waals surface area contributed by atoms with Gasteiger partial charge in [0.1, 0.15) is 11.4 Å². The Hall–Kier alpha value is -3.25. The van der Waals surface area contributed by atoms with Crippen molar-refractivity contribution < 1.29 is 23.8 Å². The average Bonchev–Trinajstić information content (AvgIpc) is 3.06. The minimum absolute atomic E-state index is 0.166. The summed E-state index contributed by atoms with van der Waals surface area (Å²) in [6, 6.07) is 15.2. The van der Waals surface area contributed by atoms with Crippen molar-refractivity contribution in [2.45, 2.75) is 38.7 Å². The van der Waals surface area contributed by atoms with E-state index < -0.39 is 17.7 Å². The van der Waals surface area contributed by atoms with E-state index in [0.29, 0.717) is 28.6 Å². The van der Waals surface area contributed by atoms with Crippen molar-refractivity contribution in [3.63, 3.8) is 0 Å². The first kappa shape index (κ1) is 22.0. The monoisotopic (exact) mass is 453 g/mol. The summed E-state index contributed by atoms with van der Waals surface area (Å²) in [4.78, 5) is 25.2. The Bertz CT molecular complexity index is 1220. The SMILES string of the molecule is COC(=O)/C=C1\CC(c2ccccc2)c2c(n(C(=O)OC(C)(C)C)c3ccc(Cl)cc23)O1. The van der Waals surface area contributed by atoms with E-state index in [2.05, 4.69) is 0 Å². The van der Waals surface area contributed by atoms with Gasteiger partial charge in [-0.2, -0.15) is 0 Å². The summed E-state index contributed by atoms with van der Waals surface area (Å²) in [5, 5.41) is 1.34. The highest BCUT2D eigenvalue weighted by molar-refractivity contribution is 6.31. The van der Waals surface area contributed by atoms with Crippen LogP contribution in [0.2, 0.25) is 5.02 Å². The van der Waals surface area contributed by atoms with Crippen LogP contribution in [0.25, 0.3) is 10.9 Å². The molecule has 0 amide bonds. The normalized spacial score (nSPS) is 17.0. The van der Waals surface area contributed by atoms with Gasteiger partial charge in [0.15, 0.2) is 0 Å². The van der Waals surface area contributed by atoms with Gasteiger partial charge in [-0.1, -0.05) is 41.9 Å². The van der Waals surface area contributed by atoms with Crippen molar-refractivity contribution in [2.75, 3.05) is 7.11 Å². The molecule has 166 valence electrons. The Morgan fingerprint density at radius 3 is 2.53 bits per heavy atom. The molecule has 2 aromatic carbocycles. The number of carbonyl (C=O) groups is 2. The number of carbonyl (C=O) groups excluding carboxylic acids is 2. The topological polar surface area (TPSA) is 66.8 Å². The molecule has 0 spiro atoms. The van der Waals surface area contributed by atoms with Gasteiger partial charge in [0, 0.05) is 28.3 Å². The molecular weight excluding hydrogens is 430 g/mol. The van der Waals surface area contributed by atoms with E-state index in [4.69, 9.17) is 25.8 Å². The van der Waals surface area contributed by atoms with E-state index >= 15 is 0 Å². The first-order chi connectivity index (χ1) is 15.2. The predicted octanol–water partition coefficient (Wildman–Crippen LogP) is 6.05. The Labute approximate surface area is 191 Å². The van der Waals surface area contributed by atoms with Gasteiger partial charge in [-0.25, -0.2) is 14.2 Å². The van der Waals surface area contributed by atoms with Crippen LogP contribution in [-0.4, -0.2) is 29.3 Å². The molecule has 1 aliphatic rings. The predicted molar refractivity (Wildman–Crippen MR) is 122 cm³/mol. The lowest BCUT2D eigenvalue weighted by molar-refractivity contribution is -0.135. The third kappa shape index (κ3) is 4.23. The van der Waals surface area contributed by atoms with E-state index in [1.807, 2.05) is 36.4 Å². The molecule has 4 rings (SSSR count). The van der Waals surface area contributed by atoms with Gasteiger partial charge >= 0.3 is 12.1 Å². The molecule has 1 atom stereocenters. The molecule has 3 aromatic rings. The molecular formula is C25H24ClNO5. The molecule has 1 unspecified atom stereocenters. The lowest BCUT2D eigenvalue weighted by atomic mass is 9.86. The maximum Gasteiger partial charge on any atom is 0.421 e. The number of rotatable bonds is 2. The van der Waals surface area contributed by atoms with Crippen molar-refractivity contribution in [2.24, 2.45) is 0 Å². The Balaban J connectivity index is 1.99. The first-order valence-electron chi connectivity index (χ1n) is 10.3. The number of benzene rings is 2. The number of hydrogen-bond acceptors (Lipinski definition) is 5. The zero-order valence-electron chi connectivity index (χ0n) is 18.3. The molecule has 1 aromatic heterocycles. The van der Waals surface area contributed by atoms with Crippen LogP contribution in [-0.2, 0) is 14.3 Å². The zero-order valence-corrected chi connectivity index (χ0v) is 19.1. The van der Waals surface area contributed by atoms with Crippen LogP contribution in [0, 0.1) is 0 Å². The van der Waals surface area contributed by atoms with Crippen LogP contribution >= 0.6 is 11.6 Å². The molecule has 0 bridgehead atoms. The van der Waals surface area contributed by atoms with Crippen molar-refractivity contribution in [1.82, 2.24) is 4.57 Å². The van der Waals surface area contributed by atoms with Crippen LogP contribution in [0.4, 0.5) is 4.79 Å². The minimum atomic E-state index is -0.703. The quantitative estimate of drug-likeness (QED) is 0.349. The molecule has 1 aliphatic heterocycles. The fourth-order valence-corrected chi connectivity index (χ4v) is 4.08. The number of nitrogens with zero attached hydrogens (tertiary/aromatic N) is 1. The van der Waals surface area contributed by atoms with E-state index in [-0.39, 0.29) is 5.92 Å². The van der Waals surface area contributed by atoms with Gasteiger partial charge in [0.05, 0.1) is 18.7 Å². The second-order valence-electron chi connectivity index (χ2n) is 8.60. The maximum atomic E-state index is 13.2. The number of allylic oxidation sites excluding steroid dienone is 1. The van der Waals surface area contributed by atoms with Gasteiger partial charge in [-0.3, -0.25) is 0 Å². The van der Waals surface area contributed by atoms with Crippen LogP contribution in [0.15, 0.2) is 60.4 Å². The smallest absolute Gasteiger partial charge is 0.421 e. The number of halogens is 1. The van der Waals surface area contributed by atoms with Crippen molar-refractivity contribution >= 4 is 34.6 Å². The standard InChI is InChI=1S/C25H24ClNO5/c1-25(2,3)32-24(29)27-20-11-10-16(26)12-19(20)22-18(15-8-6-5-7-9-15)13-17(31-23(22)27)14-21(28)30-4/h5-12,14,18H,13H2,1-4H3/b17-14+. The van der Waals surface area contributed by atoms with Crippen molar-refractivity contribution in [3.05, 3.63) is 76.5 Å². The minimum Gasteiger partial charge on any atom is -0.466 e. The van der Waals surface area contributed by atoms with Gasteiger partial charge in [0.2, 0.25) is 5.88 Å². The van der Waals surface area contributed by atoms with E-state index in [1.54, 1.807) is 32.9 Å². The highest BCUT2D eigenvalue weighted by Crippen LogP contribution is 2.48. The summed E-state index contributed by atoms with van der Waals surface area (Å²) in [5.41, 5.74) is 1.76. The largest absolute Gasteiger partial charge is 0.466 e. The molecule has 32 heavy (non-hydrogen) atoms. The number of aromatic nitrogens is 1. The highest BCUT2D eigenvalue weighted by atomic mass is 35.5. The van der Waals surface area contributed by atoms with E-state index in [1.165, 1.54) is 17.8 Å². The van der Waals surface area contributed by atoms with E-state index in [0.717, 1.165) is 16.5 Å². The third-order valence-corrected chi connectivity index (χ3v) is 5.40. The zero-order chi connectivity index (χ0) is 23.0. The number of fused-ring (bicyclic) bond motifs is 3.